The highest BCUT2D eigenvalue weighted by Gasteiger charge is 2.16. The first-order chi connectivity index (χ1) is 7.65. The minimum Gasteiger partial charge on any atom is -0.369 e. The highest BCUT2D eigenvalue weighted by atomic mass is 15.1. The van der Waals surface area contributed by atoms with Gasteiger partial charge in [-0.1, -0.05) is 6.07 Å². The Kier molecular flexibility index (Phi) is 1.57. The van der Waals surface area contributed by atoms with E-state index in [1.807, 2.05) is 19.1 Å². The Bertz CT molecular complexity index is 656. The van der Waals surface area contributed by atoms with E-state index in [1.165, 1.54) is 0 Å². The van der Waals surface area contributed by atoms with Crippen LogP contribution in [0.2, 0.25) is 0 Å². The third-order valence-electron chi connectivity index (χ3n) is 2.52. The molecule has 0 atom stereocenters. The van der Waals surface area contributed by atoms with Gasteiger partial charge in [-0.05, 0) is 18.6 Å². The summed E-state index contributed by atoms with van der Waals surface area (Å²) in [5.74, 6) is 0.619. The van der Waals surface area contributed by atoms with Crippen molar-refractivity contribution in [3.63, 3.8) is 0 Å². The zero-order valence-electron chi connectivity index (χ0n) is 8.65. The summed E-state index contributed by atoms with van der Waals surface area (Å²) in [6, 6.07) is 3.85. The average molecular weight is 214 g/mol. The van der Waals surface area contributed by atoms with E-state index in [4.69, 9.17) is 11.5 Å². The molecule has 80 valence electrons. The maximum atomic E-state index is 5.62. The Balaban J connectivity index is 2.54. The van der Waals surface area contributed by atoms with Crippen LogP contribution in [-0.2, 0) is 0 Å². The fraction of sp³-hybridized carbons (Fsp3) is 0.100. The van der Waals surface area contributed by atoms with Gasteiger partial charge >= 0.3 is 0 Å². The topological polar surface area (TPSA) is 106 Å². The van der Waals surface area contributed by atoms with Crippen molar-refractivity contribution in [1.82, 2.24) is 19.9 Å². The van der Waals surface area contributed by atoms with Gasteiger partial charge in [0.25, 0.3) is 0 Å². The number of nitrogens with zero attached hydrogens (tertiary/aromatic N) is 3. The zero-order valence-corrected chi connectivity index (χ0v) is 8.65. The maximum Gasteiger partial charge on any atom is 0.221 e. The molecule has 2 aliphatic rings. The summed E-state index contributed by atoms with van der Waals surface area (Å²) in [4.78, 5) is 15.5. The first-order valence-electron chi connectivity index (χ1n) is 4.83. The number of H-pyrrole nitrogens is 1. The monoisotopic (exact) mass is 214 g/mol. The van der Waals surface area contributed by atoms with Gasteiger partial charge in [-0.15, -0.1) is 0 Å². The summed E-state index contributed by atoms with van der Waals surface area (Å²) in [6.45, 7) is 1.96. The first-order valence-corrected chi connectivity index (χ1v) is 4.83. The minimum atomic E-state index is 0.257. The lowest BCUT2D eigenvalue weighted by molar-refractivity contribution is 1.33. The lowest BCUT2D eigenvalue weighted by Gasteiger charge is -1.91. The Morgan fingerprint density at radius 2 is 1.81 bits per heavy atom. The Hall–Kier alpha value is -2.37. The van der Waals surface area contributed by atoms with E-state index < -0.39 is 0 Å². The van der Waals surface area contributed by atoms with Crippen molar-refractivity contribution in [3.05, 3.63) is 17.7 Å². The minimum absolute atomic E-state index is 0.257. The van der Waals surface area contributed by atoms with Crippen LogP contribution in [0.25, 0.3) is 22.4 Å². The molecule has 0 aromatic carbocycles. The largest absolute Gasteiger partial charge is 0.369 e. The Labute approximate surface area is 91.1 Å². The standard InChI is InChI=1S/C10H10N6/c1-4-2-3-5-7(15-9(11)13-5)8-6(4)14-10(12)16-8/h2-3H,1H3,(H3,11,13,15)(H2,12,14,16). The summed E-state index contributed by atoms with van der Waals surface area (Å²) in [5.41, 5.74) is 15.2. The van der Waals surface area contributed by atoms with Crippen LogP contribution in [0.5, 0.6) is 0 Å². The highest BCUT2D eigenvalue weighted by Crippen LogP contribution is 2.29. The molecule has 6 heteroatoms. The third-order valence-corrected chi connectivity index (χ3v) is 2.52. The van der Waals surface area contributed by atoms with Crippen molar-refractivity contribution in [1.29, 1.82) is 0 Å². The maximum absolute atomic E-state index is 5.62. The number of nitrogens with one attached hydrogen (secondary N) is 1. The van der Waals surface area contributed by atoms with E-state index >= 15 is 0 Å². The smallest absolute Gasteiger partial charge is 0.221 e. The predicted octanol–water partition coefficient (Wildman–Crippen LogP) is 0.931. The number of nitrogen functional groups attached to an aromatic ring is 2. The number of fused-ring (bicyclic) bond motifs is 3. The van der Waals surface area contributed by atoms with Crippen molar-refractivity contribution < 1.29 is 0 Å². The highest BCUT2D eigenvalue weighted by molar-refractivity contribution is 5.91. The first kappa shape index (κ1) is 8.90. The second-order valence-corrected chi connectivity index (χ2v) is 3.68. The number of anilines is 2. The molecular weight excluding hydrogens is 204 g/mol. The number of hydrogen-bond donors (Lipinski definition) is 3. The second kappa shape index (κ2) is 2.82. The Morgan fingerprint density at radius 1 is 1.06 bits per heavy atom. The number of nitrogens with two attached hydrogens (primary N) is 2. The van der Waals surface area contributed by atoms with E-state index in [0.29, 0.717) is 17.2 Å². The van der Waals surface area contributed by atoms with Crippen molar-refractivity contribution in [2.24, 2.45) is 0 Å². The molecule has 3 rings (SSSR count). The van der Waals surface area contributed by atoms with E-state index in [2.05, 4.69) is 19.9 Å². The predicted molar refractivity (Wildman–Crippen MR) is 61.9 cm³/mol. The molecule has 0 bridgehead atoms. The number of aryl methyl sites for hydroxylation is 1. The number of aromatic amines is 1. The van der Waals surface area contributed by atoms with Gasteiger partial charge in [0.1, 0.15) is 11.2 Å². The molecule has 0 unspecified atom stereocenters. The quantitative estimate of drug-likeness (QED) is 0.516. The van der Waals surface area contributed by atoms with Gasteiger partial charge in [0.05, 0.1) is 11.2 Å². The lowest BCUT2D eigenvalue weighted by Crippen LogP contribution is -1.85. The summed E-state index contributed by atoms with van der Waals surface area (Å²) in [5, 5.41) is 0. The van der Waals surface area contributed by atoms with Crippen LogP contribution in [0, 0.1) is 6.92 Å². The molecular formula is C10H10N6. The lowest BCUT2D eigenvalue weighted by atomic mass is 10.2. The fourth-order valence-electron chi connectivity index (χ4n) is 1.79. The number of imidazole rings is 2. The number of rotatable bonds is 0. The molecule has 0 amide bonds. The van der Waals surface area contributed by atoms with Gasteiger partial charge in [0.15, 0.2) is 5.95 Å². The average Bonchev–Trinajstić information content (AvgIpc) is 2.75. The number of hydrogen-bond acceptors (Lipinski definition) is 5. The zero-order chi connectivity index (χ0) is 11.3. The van der Waals surface area contributed by atoms with Crippen LogP contribution in [0.1, 0.15) is 5.56 Å². The van der Waals surface area contributed by atoms with Crippen LogP contribution >= 0.6 is 0 Å². The summed E-state index contributed by atoms with van der Waals surface area (Å²) in [7, 11) is 0. The van der Waals surface area contributed by atoms with Crippen LogP contribution in [0.3, 0.4) is 0 Å². The van der Waals surface area contributed by atoms with E-state index in [-0.39, 0.29) is 5.95 Å². The molecule has 0 saturated carbocycles. The van der Waals surface area contributed by atoms with Crippen LogP contribution in [0.15, 0.2) is 12.1 Å². The molecule has 2 heterocycles. The van der Waals surface area contributed by atoms with E-state index in [1.54, 1.807) is 0 Å². The van der Waals surface area contributed by atoms with Crippen molar-refractivity contribution >= 4 is 22.9 Å². The van der Waals surface area contributed by atoms with Crippen LogP contribution in [0.4, 0.5) is 11.9 Å². The molecule has 1 aromatic rings. The van der Waals surface area contributed by atoms with Gasteiger partial charge in [0.2, 0.25) is 5.95 Å². The van der Waals surface area contributed by atoms with Crippen molar-refractivity contribution in [3.8, 4) is 11.4 Å². The Morgan fingerprint density at radius 3 is 2.62 bits per heavy atom. The summed E-state index contributed by atoms with van der Waals surface area (Å²) in [6.07, 6.45) is 0. The van der Waals surface area contributed by atoms with Crippen molar-refractivity contribution in [2.75, 3.05) is 11.5 Å². The fourth-order valence-corrected chi connectivity index (χ4v) is 1.79. The van der Waals surface area contributed by atoms with Gasteiger partial charge < -0.3 is 16.5 Å². The molecule has 0 fully saturated rings. The van der Waals surface area contributed by atoms with Crippen molar-refractivity contribution in [2.45, 2.75) is 6.92 Å². The molecule has 0 saturated heterocycles. The second-order valence-electron chi connectivity index (χ2n) is 3.68. The molecule has 1 aromatic heterocycles. The van der Waals surface area contributed by atoms with E-state index in [9.17, 15) is 0 Å². The molecule has 5 N–H and O–H groups in total. The molecule has 6 nitrogen and oxygen atoms in total. The van der Waals surface area contributed by atoms with Crippen LogP contribution in [-0.4, -0.2) is 19.9 Å². The third kappa shape index (κ3) is 1.10. The van der Waals surface area contributed by atoms with E-state index in [0.717, 1.165) is 16.8 Å². The number of aromatic nitrogens is 4. The summed E-state index contributed by atoms with van der Waals surface area (Å²) < 4.78 is 0. The molecule has 0 spiro atoms. The van der Waals surface area contributed by atoms with Gasteiger partial charge in [-0.3, -0.25) is 0 Å². The van der Waals surface area contributed by atoms with Gasteiger partial charge in [-0.2, -0.15) is 0 Å². The molecule has 1 aliphatic carbocycles. The van der Waals surface area contributed by atoms with Crippen LogP contribution < -0.4 is 11.5 Å². The van der Waals surface area contributed by atoms with Gasteiger partial charge in [0, 0.05) is 0 Å². The molecule has 1 aliphatic heterocycles. The normalized spacial score (nSPS) is 11.3. The molecule has 16 heavy (non-hydrogen) atoms. The molecule has 0 radical (unpaired) electrons. The van der Waals surface area contributed by atoms with Gasteiger partial charge in [-0.25, -0.2) is 15.0 Å². The SMILES string of the molecule is Cc1ccc2[nH]c(N)nc2c2nc(N)nc1-2. The summed E-state index contributed by atoms with van der Waals surface area (Å²) >= 11 is 0.